The average Bonchev–Trinajstić information content (AvgIpc) is 2.82. The summed E-state index contributed by atoms with van der Waals surface area (Å²) in [6.07, 6.45) is 0.0550. The number of benzene rings is 3. The molecule has 31 heavy (non-hydrogen) atoms. The van der Waals surface area contributed by atoms with Crippen molar-refractivity contribution >= 4 is 28.6 Å². The van der Waals surface area contributed by atoms with Crippen LogP contribution in [-0.4, -0.2) is 36.4 Å². The highest BCUT2D eigenvalue weighted by Gasteiger charge is 2.34. The number of Topliss-reactive ketones (excluding diaryl/α,β-unsaturated/α-hetero) is 1. The first-order chi connectivity index (χ1) is 15.1. The summed E-state index contributed by atoms with van der Waals surface area (Å²) < 4.78 is 10.5. The van der Waals surface area contributed by atoms with Crippen LogP contribution in [0.1, 0.15) is 40.4 Å². The topological polar surface area (TPSA) is 72.9 Å². The molecule has 4 rings (SSSR count). The standard InChI is InChI=1S/C25H23NO5/c1-30-24(28)22-12-11-21(19-9-5-6-10-20(19)22)23-15-18(27)13-14-26(23)25(29)31-16-17-7-3-2-4-8-17/h2-12,23H,13-16H2,1H3/t23-/m0/s1. The third-order valence-corrected chi connectivity index (χ3v) is 5.59. The Labute approximate surface area is 180 Å². The number of ketones is 1. The molecule has 1 fully saturated rings. The molecule has 1 amide bonds. The van der Waals surface area contributed by atoms with Crippen LogP contribution >= 0.6 is 0 Å². The molecular weight excluding hydrogens is 394 g/mol. The summed E-state index contributed by atoms with van der Waals surface area (Å²) in [5.41, 5.74) is 2.16. The van der Waals surface area contributed by atoms with Gasteiger partial charge in [0.05, 0.1) is 18.7 Å². The van der Waals surface area contributed by atoms with Crippen LogP contribution in [0, 0.1) is 0 Å². The molecule has 1 heterocycles. The van der Waals surface area contributed by atoms with Crippen LogP contribution < -0.4 is 0 Å². The number of carbonyl (C=O) groups excluding carboxylic acids is 3. The van der Waals surface area contributed by atoms with Crippen molar-refractivity contribution in [2.75, 3.05) is 13.7 Å². The van der Waals surface area contributed by atoms with Crippen molar-refractivity contribution in [1.29, 1.82) is 0 Å². The molecule has 0 N–H and O–H groups in total. The number of ether oxygens (including phenoxy) is 2. The number of methoxy groups -OCH3 is 1. The van der Waals surface area contributed by atoms with Crippen LogP contribution in [0.15, 0.2) is 66.7 Å². The minimum atomic E-state index is -0.457. The van der Waals surface area contributed by atoms with Crippen LogP contribution in [0.4, 0.5) is 4.79 Å². The molecule has 6 heteroatoms. The van der Waals surface area contributed by atoms with E-state index in [1.54, 1.807) is 17.0 Å². The maximum absolute atomic E-state index is 12.9. The van der Waals surface area contributed by atoms with Gasteiger partial charge in [0.25, 0.3) is 0 Å². The number of carbonyl (C=O) groups is 3. The highest BCUT2D eigenvalue weighted by atomic mass is 16.6. The number of esters is 1. The van der Waals surface area contributed by atoms with Gasteiger partial charge in [-0.15, -0.1) is 0 Å². The number of piperidine rings is 1. The third-order valence-electron chi connectivity index (χ3n) is 5.59. The summed E-state index contributed by atoms with van der Waals surface area (Å²) in [6.45, 7) is 0.461. The smallest absolute Gasteiger partial charge is 0.410 e. The molecule has 3 aromatic rings. The Morgan fingerprint density at radius 2 is 1.68 bits per heavy atom. The Bertz CT molecular complexity index is 1130. The summed E-state index contributed by atoms with van der Waals surface area (Å²) in [5, 5.41) is 1.54. The van der Waals surface area contributed by atoms with Gasteiger partial charge in [0.2, 0.25) is 0 Å². The maximum Gasteiger partial charge on any atom is 0.410 e. The number of amides is 1. The molecule has 1 saturated heterocycles. The van der Waals surface area contributed by atoms with E-state index in [2.05, 4.69) is 0 Å². The summed E-state index contributed by atoms with van der Waals surface area (Å²) >= 11 is 0. The number of hydrogen-bond donors (Lipinski definition) is 0. The molecule has 1 atom stereocenters. The zero-order valence-electron chi connectivity index (χ0n) is 17.2. The summed E-state index contributed by atoms with van der Waals surface area (Å²) in [5.74, 6) is -0.333. The maximum atomic E-state index is 12.9. The van der Waals surface area contributed by atoms with E-state index >= 15 is 0 Å². The van der Waals surface area contributed by atoms with Gasteiger partial charge < -0.3 is 14.4 Å². The molecule has 0 unspecified atom stereocenters. The van der Waals surface area contributed by atoms with Crippen molar-refractivity contribution in [3.63, 3.8) is 0 Å². The fraction of sp³-hybridized carbons (Fsp3) is 0.240. The Hall–Kier alpha value is -3.67. The predicted octanol–water partition coefficient (Wildman–Crippen LogP) is 4.67. The fourth-order valence-corrected chi connectivity index (χ4v) is 4.03. The van der Waals surface area contributed by atoms with Crippen molar-refractivity contribution < 1.29 is 23.9 Å². The lowest BCUT2D eigenvalue weighted by Crippen LogP contribution is -2.41. The van der Waals surface area contributed by atoms with Crippen LogP contribution in [-0.2, 0) is 20.9 Å². The van der Waals surface area contributed by atoms with Gasteiger partial charge in [-0.3, -0.25) is 4.79 Å². The lowest BCUT2D eigenvalue weighted by atomic mass is 9.89. The molecule has 3 aromatic carbocycles. The van der Waals surface area contributed by atoms with Gasteiger partial charge in [-0.2, -0.15) is 0 Å². The molecule has 0 aromatic heterocycles. The highest BCUT2D eigenvalue weighted by molar-refractivity contribution is 6.05. The molecule has 0 aliphatic carbocycles. The van der Waals surface area contributed by atoms with Gasteiger partial charge in [0, 0.05) is 19.4 Å². The molecule has 0 spiro atoms. The quantitative estimate of drug-likeness (QED) is 0.577. The first kappa shape index (κ1) is 20.6. The van der Waals surface area contributed by atoms with Gasteiger partial charge in [0.15, 0.2) is 0 Å². The van der Waals surface area contributed by atoms with Crippen molar-refractivity contribution in [3.8, 4) is 0 Å². The van der Waals surface area contributed by atoms with Crippen LogP contribution in [0.5, 0.6) is 0 Å². The molecule has 0 bridgehead atoms. The first-order valence-corrected chi connectivity index (χ1v) is 10.2. The van der Waals surface area contributed by atoms with Crippen LogP contribution in [0.25, 0.3) is 10.8 Å². The van der Waals surface area contributed by atoms with Crippen molar-refractivity contribution in [2.24, 2.45) is 0 Å². The van der Waals surface area contributed by atoms with E-state index in [1.807, 2.05) is 54.6 Å². The Morgan fingerprint density at radius 3 is 2.42 bits per heavy atom. The summed E-state index contributed by atoms with van der Waals surface area (Å²) in [4.78, 5) is 39.1. The molecular formula is C25H23NO5. The van der Waals surface area contributed by atoms with Crippen LogP contribution in [0.3, 0.4) is 0 Å². The van der Waals surface area contributed by atoms with Crippen LogP contribution in [0.2, 0.25) is 0 Å². The van der Waals surface area contributed by atoms with Gasteiger partial charge in [0.1, 0.15) is 12.4 Å². The zero-order chi connectivity index (χ0) is 21.8. The van der Waals surface area contributed by atoms with E-state index in [0.29, 0.717) is 18.5 Å². The number of rotatable bonds is 4. The predicted molar refractivity (Wildman–Crippen MR) is 116 cm³/mol. The average molecular weight is 417 g/mol. The second-order valence-electron chi connectivity index (χ2n) is 7.48. The molecule has 1 aliphatic rings. The van der Waals surface area contributed by atoms with Gasteiger partial charge in [-0.1, -0.05) is 60.7 Å². The Kier molecular flexibility index (Phi) is 5.98. The lowest BCUT2D eigenvalue weighted by molar-refractivity contribution is -0.122. The number of hydrogen-bond acceptors (Lipinski definition) is 5. The van der Waals surface area contributed by atoms with Gasteiger partial charge in [-0.05, 0) is 28.0 Å². The number of likely N-dealkylation sites (tertiary alicyclic amines) is 1. The Balaban J connectivity index is 1.67. The van der Waals surface area contributed by atoms with E-state index in [0.717, 1.165) is 21.9 Å². The normalized spacial score (nSPS) is 16.2. The second kappa shape index (κ2) is 9.00. The largest absolute Gasteiger partial charge is 0.465 e. The molecule has 0 radical (unpaired) electrons. The minimum Gasteiger partial charge on any atom is -0.465 e. The molecule has 6 nitrogen and oxygen atoms in total. The van der Waals surface area contributed by atoms with E-state index in [9.17, 15) is 14.4 Å². The Morgan fingerprint density at radius 1 is 0.968 bits per heavy atom. The number of fused-ring (bicyclic) bond motifs is 1. The molecule has 1 aliphatic heterocycles. The van der Waals surface area contributed by atoms with Gasteiger partial charge in [-0.25, -0.2) is 9.59 Å². The SMILES string of the molecule is COC(=O)c1ccc([C@@H]2CC(=O)CCN2C(=O)OCc2ccccc2)c2ccccc12. The second-order valence-corrected chi connectivity index (χ2v) is 7.48. The van der Waals surface area contributed by atoms with Gasteiger partial charge >= 0.3 is 12.1 Å². The van der Waals surface area contributed by atoms with Crippen molar-refractivity contribution in [2.45, 2.75) is 25.5 Å². The van der Waals surface area contributed by atoms with E-state index in [1.165, 1.54) is 7.11 Å². The minimum absolute atomic E-state index is 0.0956. The van der Waals surface area contributed by atoms with Crippen molar-refractivity contribution in [1.82, 2.24) is 4.90 Å². The summed E-state index contributed by atoms with van der Waals surface area (Å²) in [7, 11) is 1.34. The fourth-order valence-electron chi connectivity index (χ4n) is 4.03. The zero-order valence-corrected chi connectivity index (χ0v) is 17.2. The summed E-state index contributed by atoms with van der Waals surface area (Å²) in [6, 6.07) is 19.9. The van der Waals surface area contributed by atoms with Crippen molar-refractivity contribution in [3.05, 3.63) is 83.4 Å². The van der Waals surface area contributed by atoms with E-state index in [4.69, 9.17) is 9.47 Å². The lowest BCUT2D eigenvalue weighted by Gasteiger charge is -2.35. The van der Waals surface area contributed by atoms with E-state index in [-0.39, 0.29) is 18.8 Å². The molecule has 0 saturated carbocycles. The highest BCUT2D eigenvalue weighted by Crippen LogP contribution is 2.36. The van der Waals surface area contributed by atoms with E-state index < -0.39 is 18.1 Å². The monoisotopic (exact) mass is 417 g/mol. The third kappa shape index (κ3) is 4.28. The molecule has 158 valence electrons. The number of nitrogens with zero attached hydrogens (tertiary/aromatic N) is 1. The first-order valence-electron chi connectivity index (χ1n) is 10.2.